The first-order valence-electron chi connectivity index (χ1n) is 15.3. The van der Waals surface area contributed by atoms with E-state index in [2.05, 4.69) is 15.6 Å². The summed E-state index contributed by atoms with van der Waals surface area (Å²) in [5.74, 6) is -1.04. The average molecular weight is 626 g/mol. The van der Waals surface area contributed by atoms with E-state index in [-0.39, 0.29) is 35.8 Å². The van der Waals surface area contributed by atoms with E-state index in [9.17, 15) is 19.5 Å². The number of anilines is 2. The fraction of sp³-hybridized carbons (Fsp3) is 0.353. The number of hydrogen-bond donors (Lipinski definition) is 3. The summed E-state index contributed by atoms with van der Waals surface area (Å²) in [7, 11) is -1.11. The highest BCUT2D eigenvalue weighted by Crippen LogP contribution is 2.59. The summed E-state index contributed by atoms with van der Waals surface area (Å²) in [6.07, 6.45) is 1.92. The predicted octanol–water partition coefficient (Wildman–Crippen LogP) is 4.52. The number of aliphatic hydroxyl groups is 1. The van der Waals surface area contributed by atoms with Crippen molar-refractivity contribution < 1.29 is 24.2 Å². The molecule has 1 unspecified atom stereocenters. The van der Waals surface area contributed by atoms with Crippen LogP contribution in [0.4, 0.5) is 11.4 Å². The maximum absolute atomic E-state index is 14.1. The molecule has 1 saturated heterocycles. The minimum Gasteiger partial charge on any atom is -0.432 e. The van der Waals surface area contributed by atoms with Crippen LogP contribution in [0.3, 0.4) is 0 Å². The Labute approximate surface area is 263 Å². The molecule has 2 aliphatic heterocycles. The zero-order valence-electron chi connectivity index (χ0n) is 25.9. The first-order chi connectivity index (χ1) is 21.5. The third kappa shape index (κ3) is 5.50. The molecule has 3 aromatic carbocycles. The van der Waals surface area contributed by atoms with Crippen LogP contribution in [0.1, 0.15) is 46.4 Å². The molecule has 234 valence electrons. The van der Waals surface area contributed by atoms with E-state index in [0.29, 0.717) is 35.5 Å². The van der Waals surface area contributed by atoms with E-state index in [1.807, 2.05) is 86.9 Å². The Morgan fingerprint density at radius 3 is 2.44 bits per heavy atom. The number of nitrogens with one attached hydrogen (secondary N) is 1. The summed E-state index contributed by atoms with van der Waals surface area (Å²) in [4.78, 5) is 40.2. The molecule has 1 spiro atoms. The zero-order valence-corrected chi connectivity index (χ0v) is 26.9. The summed E-state index contributed by atoms with van der Waals surface area (Å²) >= 11 is 0. The first-order valence-corrected chi connectivity index (χ1v) is 18.3. The van der Waals surface area contributed by atoms with E-state index in [1.165, 1.54) is 0 Å². The van der Waals surface area contributed by atoms with Gasteiger partial charge in [-0.25, -0.2) is 0 Å². The number of nitrogens with zero attached hydrogens (tertiary/aromatic N) is 4. The van der Waals surface area contributed by atoms with Crippen molar-refractivity contribution >= 4 is 31.5 Å². The summed E-state index contributed by atoms with van der Waals surface area (Å²) in [6, 6.07) is 24.1. The number of rotatable bonds is 9. The third-order valence-electron chi connectivity index (χ3n) is 9.35. The molecule has 2 amide bonds. The van der Waals surface area contributed by atoms with Gasteiger partial charge in [0.25, 0.3) is 11.8 Å². The molecule has 2 aliphatic rings. The molecule has 0 radical (unpaired) electrons. The molecule has 5 atom stereocenters. The number of ether oxygens (including phenoxy) is 1. The molecule has 0 aliphatic carbocycles. The minimum atomic E-state index is -2.85. The summed E-state index contributed by atoms with van der Waals surface area (Å²) in [6.45, 7) is 6.14. The number of carbonyl (C=O) groups excluding carboxylic acids is 2. The fourth-order valence-corrected chi connectivity index (χ4v) is 9.82. The van der Waals surface area contributed by atoms with Crippen LogP contribution in [0.5, 0.6) is 0 Å². The van der Waals surface area contributed by atoms with Gasteiger partial charge in [-0.2, -0.15) is 0 Å². The Bertz CT molecular complexity index is 1690. The molecule has 1 aromatic heterocycles. The molecule has 4 aromatic rings. The fourth-order valence-electron chi connectivity index (χ4n) is 7.22. The minimum absolute atomic E-state index is 0.0936. The Hall–Kier alpha value is -4.16. The van der Waals surface area contributed by atoms with E-state index in [0.717, 1.165) is 11.3 Å². The van der Waals surface area contributed by atoms with Gasteiger partial charge in [-0.15, -0.1) is 5.10 Å². The zero-order chi connectivity index (χ0) is 31.9. The number of hydrogen-bond acceptors (Lipinski definition) is 7. The van der Waals surface area contributed by atoms with Gasteiger partial charge in [0.05, 0.1) is 30.0 Å². The van der Waals surface area contributed by atoms with Gasteiger partial charge in [-0.05, 0) is 55.4 Å². The highest BCUT2D eigenvalue weighted by molar-refractivity contribution is 6.71. The van der Waals surface area contributed by atoms with Gasteiger partial charge in [0, 0.05) is 48.1 Å². The lowest BCUT2D eigenvalue weighted by Crippen LogP contribution is -2.45. The van der Waals surface area contributed by atoms with E-state index >= 15 is 0 Å². The lowest BCUT2D eigenvalue weighted by atomic mass is 9.82. The number of amides is 2. The van der Waals surface area contributed by atoms with Gasteiger partial charge in [0.2, 0.25) is 0 Å². The van der Waals surface area contributed by atoms with E-state index < -0.39 is 20.0 Å². The normalized spacial score (nSPS) is 23.4. The van der Waals surface area contributed by atoms with Crippen molar-refractivity contribution in [2.24, 2.45) is 5.92 Å². The molecular weight excluding hydrogens is 586 g/mol. The van der Waals surface area contributed by atoms with Gasteiger partial charge in [-0.1, -0.05) is 60.7 Å². The summed E-state index contributed by atoms with van der Waals surface area (Å²) in [5.41, 5.74) is 2.58. The van der Waals surface area contributed by atoms with Crippen molar-refractivity contribution in [2.75, 3.05) is 23.9 Å². The maximum atomic E-state index is 14.1. The van der Waals surface area contributed by atoms with Crippen molar-refractivity contribution in [3.8, 4) is 0 Å². The second-order valence-corrected chi connectivity index (χ2v) is 16.6. The number of aliphatic hydroxyl groups excluding tert-OH is 1. The van der Waals surface area contributed by atoms with Crippen molar-refractivity contribution in [3.63, 3.8) is 0 Å². The molecular formula is C34H39N5O5Si. The molecule has 3 heterocycles. The van der Waals surface area contributed by atoms with Crippen LogP contribution in [0.25, 0.3) is 0 Å². The smallest absolute Gasteiger partial charge is 0.264 e. The second-order valence-electron chi connectivity index (χ2n) is 12.6. The van der Waals surface area contributed by atoms with Crippen molar-refractivity contribution in [1.82, 2.24) is 15.0 Å². The van der Waals surface area contributed by atoms with Crippen molar-refractivity contribution in [2.45, 2.75) is 56.1 Å². The number of aromatic nitrogens is 3. The van der Waals surface area contributed by atoms with Crippen LogP contribution in [0.2, 0.25) is 18.6 Å². The molecule has 11 heteroatoms. The number of fused-ring (bicyclic) bond motifs is 2. The Kier molecular flexibility index (Phi) is 8.21. The monoisotopic (exact) mass is 625 g/mol. The summed E-state index contributed by atoms with van der Waals surface area (Å²) < 4.78 is 8.58. The highest BCUT2D eigenvalue weighted by atomic mass is 28.4. The van der Waals surface area contributed by atoms with Crippen LogP contribution in [0, 0.1) is 5.92 Å². The number of aryl methyl sites for hydroxylation is 1. The lowest BCUT2D eigenvalue weighted by Gasteiger charge is -2.32. The SMILES string of the molecule is C[C@@H]1[C@@H]([Si](C)(C)O)[C@H](CCn2cc(C(CO)c3ccccc3)nn2)O[C@@]12C(=O)N(C)c1ccc(NC(=O)c3ccccc3)cc12. The molecule has 45 heavy (non-hydrogen) atoms. The van der Waals surface area contributed by atoms with E-state index in [1.54, 1.807) is 34.8 Å². The third-order valence-corrected chi connectivity index (χ3v) is 11.9. The van der Waals surface area contributed by atoms with Crippen LogP contribution in [-0.4, -0.2) is 64.8 Å². The van der Waals surface area contributed by atoms with Crippen molar-refractivity contribution in [3.05, 3.63) is 107 Å². The highest BCUT2D eigenvalue weighted by Gasteiger charge is 2.65. The van der Waals surface area contributed by atoms with Gasteiger partial charge < -0.3 is 24.9 Å². The Morgan fingerprint density at radius 1 is 1.09 bits per heavy atom. The number of carbonyl (C=O) groups is 2. The Morgan fingerprint density at radius 2 is 1.78 bits per heavy atom. The molecule has 3 N–H and O–H groups in total. The van der Waals surface area contributed by atoms with Gasteiger partial charge in [-0.3, -0.25) is 14.3 Å². The Balaban J connectivity index is 1.27. The molecule has 6 rings (SSSR count). The lowest BCUT2D eigenvalue weighted by molar-refractivity contribution is -0.145. The molecule has 0 bridgehead atoms. The molecule has 10 nitrogen and oxygen atoms in total. The quantitative estimate of drug-likeness (QED) is 0.233. The topological polar surface area (TPSA) is 130 Å². The van der Waals surface area contributed by atoms with Gasteiger partial charge in [0.1, 0.15) is 0 Å². The summed E-state index contributed by atoms with van der Waals surface area (Å²) in [5, 5.41) is 21.7. The average Bonchev–Trinajstić information content (AvgIpc) is 3.68. The number of likely N-dealkylation sites (N-methyl/N-ethyl adjacent to an activating group) is 1. The van der Waals surface area contributed by atoms with Crippen LogP contribution in [-0.2, 0) is 21.7 Å². The van der Waals surface area contributed by atoms with Crippen molar-refractivity contribution in [1.29, 1.82) is 0 Å². The van der Waals surface area contributed by atoms with Crippen LogP contribution in [0.15, 0.2) is 85.1 Å². The van der Waals surface area contributed by atoms with Gasteiger partial charge in [0.15, 0.2) is 13.9 Å². The molecule has 1 fully saturated rings. The largest absolute Gasteiger partial charge is 0.432 e. The van der Waals surface area contributed by atoms with Gasteiger partial charge >= 0.3 is 0 Å². The molecule has 0 saturated carbocycles. The predicted molar refractivity (Wildman–Crippen MR) is 173 cm³/mol. The number of benzene rings is 3. The second kappa shape index (κ2) is 12.0. The maximum Gasteiger partial charge on any atom is 0.264 e. The standard InChI is InChI=1S/C34H39N5O5Si/c1-22-31(45(3,4)43)30(17-18-39-20-28(36-37-39)26(21-40)23-11-7-5-8-12-23)44-34(22)27-19-25(15-16-29(27)38(2)33(34)42)35-32(41)24-13-9-6-10-14-24/h5-16,19-20,22,26,30-31,40,43H,17-18,21H2,1-4H3,(H,35,41)/t22-,26?,30+,31-,34+/m1/s1. The first kappa shape index (κ1) is 30.8. The van der Waals surface area contributed by atoms with E-state index in [4.69, 9.17) is 4.74 Å². The van der Waals surface area contributed by atoms with Crippen LogP contribution >= 0.6 is 0 Å². The van der Waals surface area contributed by atoms with Crippen LogP contribution < -0.4 is 10.2 Å².